The molecule has 172 valence electrons. The summed E-state index contributed by atoms with van der Waals surface area (Å²) in [5.74, 6) is 1.03. The van der Waals surface area contributed by atoms with Crippen LogP contribution in [0.15, 0.2) is 77.1 Å². The topological polar surface area (TPSA) is 92.6 Å². The number of allylic oxidation sites excluding steroid dienone is 2. The number of aromatic nitrogens is 1. The van der Waals surface area contributed by atoms with Crippen LogP contribution in [0, 0.1) is 0 Å². The molecule has 6 nitrogen and oxygen atoms in total. The number of fused-ring (bicyclic) bond motifs is 1. The quantitative estimate of drug-likeness (QED) is 0.409. The van der Waals surface area contributed by atoms with Crippen molar-refractivity contribution in [2.75, 3.05) is 18.0 Å². The fourth-order valence-corrected chi connectivity index (χ4v) is 4.81. The molecular weight excluding hydrogens is 428 g/mol. The number of hydrogen-bond acceptors (Lipinski definition) is 7. The Kier molecular flexibility index (Phi) is 7.67. The van der Waals surface area contributed by atoms with Crippen molar-refractivity contribution in [3.05, 3.63) is 77.1 Å². The van der Waals surface area contributed by atoms with E-state index in [0.29, 0.717) is 6.54 Å². The van der Waals surface area contributed by atoms with E-state index in [1.54, 1.807) is 11.3 Å². The van der Waals surface area contributed by atoms with E-state index in [-0.39, 0.29) is 12.1 Å². The maximum Gasteiger partial charge on any atom is 0.119 e. The highest BCUT2D eigenvalue weighted by molar-refractivity contribution is 7.19. The Labute approximate surface area is 199 Å². The molecule has 1 aliphatic rings. The Balaban J connectivity index is 1.56. The Bertz CT molecular complexity index is 1130. The number of aliphatic imine (C=N–C) groups is 1. The molecule has 1 aromatic heterocycles. The third-order valence-corrected chi connectivity index (χ3v) is 6.76. The zero-order valence-corrected chi connectivity index (χ0v) is 20.1. The summed E-state index contributed by atoms with van der Waals surface area (Å²) in [7, 11) is 0. The molecule has 1 aliphatic heterocycles. The summed E-state index contributed by atoms with van der Waals surface area (Å²) >= 11 is 1.69. The number of nitrogens with two attached hydrogens (primary N) is 2. The van der Waals surface area contributed by atoms with Crippen LogP contribution in [0.2, 0.25) is 0 Å². The first-order valence-electron chi connectivity index (χ1n) is 11.4. The van der Waals surface area contributed by atoms with Gasteiger partial charge in [-0.05, 0) is 63.2 Å². The van der Waals surface area contributed by atoms with Gasteiger partial charge >= 0.3 is 0 Å². The average Bonchev–Trinajstić information content (AvgIpc) is 3.23. The first-order valence-corrected chi connectivity index (χ1v) is 12.2. The predicted molar refractivity (Wildman–Crippen MR) is 141 cm³/mol. The van der Waals surface area contributed by atoms with Gasteiger partial charge in [-0.1, -0.05) is 30.3 Å². The van der Waals surface area contributed by atoms with Crippen molar-refractivity contribution in [1.29, 1.82) is 0 Å². The van der Waals surface area contributed by atoms with Crippen molar-refractivity contribution in [2.24, 2.45) is 16.5 Å². The smallest absolute Gasteiger partial charge is 0.119 e. The molecule has 3 aromatic rings. The molecule has 33 heavy (non-hydrogen) atoms. The van der Waals surface area contributed by atoms with E-state index in [4.69, 9.17) is 21.4 Å². The van der Waals surface area contributed by atoms with Gasteiger partial charge in [-0.25, -0.2) is 9.98 Å². The number of thiazole rings is 1. The van der Waals surface area contributed by atoms with Gasteiger partial charge in [0.15, 0.2) is 0 Å². The zero-order chi connectivity index (χ0) is 23.2. The molecular formula is C26H32N6S. The molecule has 0 aliphatic carbocycles. The summed E-state index contributed by atoms with van der Waals surface area (Å²) in [4.78, 5) is 12.0. The van der Waals surface area contributed by atoms with E-state index in [1.807, 2.05) is 24.3 Å². The summed E-state index contributed by atoms with van der Waals surface area (Å²) in [5.41, 5.74) is 15.9. The highest BCUT2D eigenvalue weighted by Crippen LogP contribution is 2.29. The minimum Gasteiger partial charge on any atom is -0.329 e. The second-order valence-corrected chi connectivity index (χ2v) is 9.38. The Morgan fingerprint density at radius 2 is 1.88 bits per heavy atom. The molecule has 2 atom stereocenters. The fraction of sp³-hybridized carbons (Fsp3) is 0.308. The molecule has 0 bridgehead atoms. The summed E-state index contributed by atoms with van der Waals surface area (Å²) < 4.78 is 1.19. The van der Waals surface area contributed by atoms with Crippen molar-refractivity contribution in [2.45, 2.75) is 38.8 Å². The Morgan fingerprint density at radius 3 is 2.64 bits per heavy atom. The third-order valence-electron chi connectivity index (χ3n) is 5.78. The second kappa shape index (κ2) is 10.9. The summed E-state index contributed by atoms with van der Waals surface area (Å²) in [6.45, 7) is 5.55. The lowest BCUT2D eigenvalue weighted by Gasteiger charge is -2.30. The van der Waals surface area contributed by atoms with E-state index < -0.39 is 0 Å². The van der Waals surface area contributed by atoms with Crippen molar-refractivity contribution in [3.8, 4) is 0 Å². The van der Waals surface area contributed by atoms with E-state index in [9.17, 15) is 0 Å². The minimum absolute atomic E-state index is 0.0358. The van der Waals surface area contributed by atoms with Crippen molar-refractivity contribution in [1.82, 2.24) is 10.3 Å². The Morgan fingerprint density at radius 1 is 1.12 bits per heavy atom. The standard InChI is InChI=1S/C26H32N6S/c1-18-15-20(16-26-31-23-11-6-7-12-24(23)33-26)30-25(32(18)21-9-4-3-5-10-21)13-8-14-29-19(2)22(28)17-27/h3-7,9-12,15-16,19,22,29H,8,13-14,17,27-28H2,1-2H3/b20-16-. The first-order chi connectivity index (χ1) is 16.0. The van der Waals surface area contributed by atoms with Gasteiger partial charge in [-0.3, -0.25) is 0 Å². The number of para-hydroxylation sites is 2. The van der Waals surface area contributed by atoms with E-state index in [1.165, 1.54) is 4.70 Å². The second-order valence-electron chi connectivity index (χ2n) is 8.32. The van der Waals surface area contributed by atoms with E-state index in [0.717, 1.165) is 52.8 Å². The highest BCUT2D eigenvalue weighted by atomic mass is 32.1. The number of rotatable bonds is 9. The molecule has 2 unspecified atom stereocenters. The number of hydrogen-bond donors (Lipinski definition) is 3. The number of benzene rings is 2. The number of amidine groups is 1. The van der Waals surface area contributed by atoms with Crippen LogP contribution in [-0.2, 0) is 0 Å². The van der Waals surface area contributed by atoms with Crippen molar-refractivity contribution >= 4 is 39.2 Å². The fourth-order valence-electron chi connectivity index (χ4n) is 3.89. The zero-order valence-electron chi connectivity index (χ0n) is 19.2. The van der Waals surface area contributed by atoms with Gasteiger partial charge in [0.2, 0.25) is 0 Å². The lowest BCUT2D eigenvalue weighted by Crippen LogP contribution is -2.47. The third kappa shape index (κ3) is 5.75. The van der Waals surface area contributed by atoms with Crippen molar-refractivity contribution < 1.29 is 0 Å². The predicted octanol–water partition coefficient (Wildman–Crippen LogP) is 4.50. The van der Waals surface area contributed by atoms with Crippen LogP contribution in [0.1, 0.15) is 31.7 Å². The molecule has 2 aromatic carbocycles. The van der Waals surface area contributed by atoms with Crippen LogP contribution in [0.3, 0.4) is 0 Å². The van der Waals surface area contributed by atoms with Crippen molar-refractivity contribution in [3.63, 3.8) is 0 Å². The molecule has 0 saturated carbocycles. The van der Waals surface area contributed by atoms with Crippen LogP contribution in [0.4, 0.5) is 5.69 Å². The molecule has 4 rings (SSSR count). The number of anilines is 1. The lowest BCUT2D eigenvalue weighted by atomic mass is 10.1. The largest absolute Gasteiger partial charge is 0.329 e. The summed E-state index contributed by atoms with van der Waals surface area (Å²) in [5, 5.41) is 4.46. The SMILES string of the molecule is CC1=C/C(=C/c2nc3ccccc3s2)N=C(CCCNC(C)C(N)CN)N1c1ccccc1. The highest BCUT2D eigenvalue weighted by Gasteiger charge is 2.20. The molecule has 0 radical (unpaired) electrons. The summed E-state index contributed by atoms with van der Waals surface area (Å²) in [6.07, 6.45) is 6.00. The van der Waals surface area contributed by atoms with E-state index >= 15 is 0 Å². The van der Waals surface area contributed by atoms with Crippen LogP contribution in [0.25, 0.3) is 16.3 Å². The Hall–Kier alpha value is -2.84. The van der Waals surface area contributed by atoms with Gasteiger partial charge in [0.1, 0.15) is 10.8 Å². The van der Waals surface area contributed by atoms with E-state index in [2.05, 4.69) is 66.5 Å². The van der Waals surface area contributed by atoms with Gasteiger partial charge in [-0.15, -0.1) is 11.3 Å². The normalized spacial score (nSPS) is 17.2. The first kappa shape index (κ1) is 23.3. The van der Waals surface area contributed by atoms with Gasteiger partial charge in [0, 0.05) is 36.4 Å². The molecule has 0 spiro atoms. The monoisotopic (exact) mass is 460 g/mol. The van der Waals surface area contributed by atoms with Gasteiger partial charge < -0.3 is 21.7 Å². The summed E-state index contributed by atoms with van der Waals surface area (Å²) in [6, 6.07) is 18.8. The lowest BCUT2D eigenvalue weighted by molar-refractivity contribution is 0.459. The average molecular weight is 461 g/mol. The maximum absolute atomic E-state index is 6.04. The molecule has 5 N–H and O–H groups in total. The molecule has 0 fully saturated rings. The number of nitrogens with one attached hydrogen (secondary N) is 1. The van der Waals surface area contributed by atoms with Gasteiger partial charge in [-0.2, -0.15) is 0 Å². The van der Waals surface area contributed by atoms with Gasteiger partial charge in [0.05, 0.1) is 15.9 Å². The molecule has 7 heteroatoms. The van der Waals surface area contributed by atoms with Crippen LogP contribution in [0.5, 0.6) is 0 Å². The van der Waals surface area contributed by atoms with Crippen LogP contribution in [-0.4, -0.2) is 36.0 Å². The maximum atomic E-state index is 6.04. The minimum atomic E-state index is -0.0358. The van der Waals surface area contributed by atoms with Crippen LogP contribution >= 0.6 is 11.3 Å². The van der Waals surface area contributed by atoms with Gasteiger partial charge in [0.25, 0.3) is 0 Å². The molecule has 0 saturated heterocycles. The molecule has 2 heterocycles. The number of nitrogens with zero attached hydrogens (tertiary/aromatic N) is 3. The van der Waals surface area contributed by atoms with Crippen LogP contribution < -0.4 is 21.7 Å². The molecule has 0 amide bonds.